The highest BCUT2D eigenvalue weighted by Crippen LogP contribution is 2.21. The van der Waals surface area contributed by atoms with Crippen molar-refractivity contribution < 1.29 is 4.79 Å². The molecule has 2 aromatic heterocycles. The van der Waals surface area contributed by atoms with E-state index in [0.717, 1.165) is 22.3 Å². The highest BCUT2D eigenvalue weighted by Gasteiger charge is 2.27. The molecular weight excluding hydrogens is 302 g/mol. The summed E-state index contributed by atoms with van der Waals surface area (Å²) in [4.78, 5) is 20.7. The van der Waals surface area contributed by atoms with Crippen LogP contribution in [-0.4, -0.2) is 42.1 Å². The second-order valence-electron chi connectivity index (χ2n) is 5.01. The van der Waals surface area contributed by atoms with Gasteiger partial charge in [0.1, 0.15) is 6.33 Å². The Morgan fingerprint density at radius 2 is 2.00 bits per heavy atom. The van der Waals surface area contributed by atoms with Gasteiger partial charge in [0, 0.05) is 24.2 Å². The standard InChI is InChI=1S/C13H15N7OS/c1-8-4-9(2)16-12(15-8)20-11(21)5-10(18-20)6-22-13-17-14-7-19(13)3/h4,7H,5-6H2,1-3H3. The number of hydrogen-bond acceptors (Lipinski definition) is 7. The first-order chi connectivity index (χ1) is 10.5. The van der Waals surface area contributed by atoms with E-state index in [1.165, 1.54) is 16.8 Å². The summed E-state index contributed by atoms with van der Waals surface area (Å²) in [7, 11) is 1.87. The number of nitrogens with zero attached hydrogens (tertiary/aromatic N) is 7. The number of carbonyl (C=O) groups excluding carboxylic acids is 1. The summed E-state index contributed by atoms with van der Waals surface area (Å²) in [5, 5.41) is 14.2. The molecular formula is C13H15N7OS. The third kappa shape index (κ3) is 2.98. The highest BCUT2D eigenvalue weighted by molar-refractivity contribution is 7.99. The van der Waals surface area contributed by atoms with Crippen LogP contribution in [0.3, 0.4) is 0 Å². The second-order valence-corrected chi connectivity index (χ2v) is 5.95. The van der Waals surface area contributed by atoms with Gasteiger partial charge in [0.05, 0.1) is 12.1 Å². The van der Waals surface area contributed by atoms with Crippen LogP contribution in [0, 0.1) is 13.8 Å². The fourth-order valence-corrected chi connectivity index (χ4v) is 2.88. The summed E-state index contributed by atoms with van der Waals surface area (Å²) in [6, 6.07) is 1.86. The first-order valence-electron chi connectivity index (χ1n) is 6.71. The number of amides is 1. The van der Waals surface area contributed by atoms with Crippen LogP contribution in [0.1, 0.15) is 17.8 Å². The fourth-order valence-electron chi connectivity index (χ4n) is 2.07. The van der Waals surface area contributed by atoms with Gasteiger partial charge in [-0.2, -0.15) is 10.1 Å². The van der Waals surface area contributed by atoms with E-state index in [1.807, 2.05) is 31.5 Å². The van der Waals surface area contributed by atoms with Crippen LogP contribution in [0.25, 0.3) is 0 Å². The van der Waals surface area contributed by atoms with E-state index in [4.69, 9.17) is 0 Å². The van der Waals surface area contributed by atoms with Gasteiger partial charge in [0.25, 0.3) is 11.9 Å². The molecule has 22 heavy (non-hydrogen) atoms. The summed E-state index contributed by atoms with van der Waals surface area (Å²) < 4.78 is 1.83. The highest BCUT2D eigenvalue weighted by atomic mass is 32.2. The molecule has 0 saturated heterocycles. The van der Waals surface area contributed by atoms with Crippen LogP contribution in [0.4, 0.5) is 5.95 Å². The first kappa shape index (κ1) is 14.6. The SMILES string of the molecule is Cc1cc(C)nc(N2N=C(CSc3nncn3C)CC2=O)n1. The van der Waals surface area contributed by atoms with Crippen molar-refractivity contribution in [2.75, 3.05) is 10.8 Å². The van der Waals surface area contributed by atoms with Gasteiger partial charge in [-0.05, 0) is 19.9 Å². The van der Waals surface area contributed by atoms with Crippen LogP contribution in [0.15, 0.2) is 22.7 Å². The molecule has 2 aromatic rings. The molecule has 114 valence electrons. The lowest BCUT2D eigenvalue weighted by molar-refractivity contribution is -0.117. The predicted octanol–water partition coefficient (Wildman–Crippen LogP) is 1.11. The topological polar surface area (TPSA) is 89.2 Å². The van der Waals surface area contributed by atoms with Crippen molar-refractivity contribution in [3.05, 3.63) is 23.8 Å². The van der Waals surface area contributed by atoms with E-state index in [2.05, 4.69) is 25.3 Å². The maximum Gasteiger partial charge on any atom is 0.255 e. The molecule has 0 N–H and O–H groups in total. The van der Waals surface area contributed by atoms with Crippen LogP contribution in [0.5, 0.6) is 0 Å². The molecule has 0 spiro atoms. The van der Waals surface area contributed by atoms with Gasteiger partial charge in [-0.3, -0.25) is 4.79 Å². The minimum absolute atomic E-state index is 0.112. The van der Waals surface area contributed by atoms with E-state index in [1.54, 1.807) is 6.33 Å². The van der Waals surface area contributed by atoms with E-state index < -0.39 is 0 Å². The lowest BCUT2D eigenvalue weighted by Crippen LogP contribution is -2.22. The Balaban J connectivity index is 1.75. The Morgan fingerprint density at radius 1 is 1.27 bits per heavy atom. The largest absolute Gasteiger partial charge is 0.312 e. The summed E-state index contributed by atoms with van der Waals surface area (Å²) >= 11 is 1.50. The van der Waals surface area contributed by atoms with Crippen LogP contribution in [0.2, 0.25) is 0 Å². The quantitative estimate of drug-likeness (QED) is 0.785. The van der Waals surface area contributed by atoms with Gasteiger partial charge >= 0.3 is 0 Å². The lowest BCUT2D eigenvalue weighted by atomic mass is 10.3. The average Bonchev–Trinajstić information content (AvgIpc) is 3.01. The smallest absolute Gasteiger partial charge is 0.255 e. The predicted molar refractivity (Wildman–Crippen MR) is 82.8 cm³/mol. The molecule has 1 amide bonds. The summed E-state index contributed by atoms with van der Waals surface area (Å²) in [5.74, 6) is 0.805. The number of carbonyl (C=O) groups is 1. The molecule has 3 heterocycles. The minimum atomic E-state index is -0.112. The van der Waals surface area contributed by atoms with Gasteiger partial charge in [-0.25, -0.2) is 9.97 Å². The normalized spacial score (nSPS) is 14.6. The number of aromatic nitrogens is 5. The molecule has 8 nitrogen and oxygen atoms in total. The number of hydrogen-bond donors (Lipinski definition) is 0. The second kappa shape index (κ2) is 5.84. The van der Waals surface area contributed by atoms with Crippen molar-refractivity contribution in [2.45, 2.75) is 25.4 Å². The lowest BCUT2D eigenvalue weighted by Gasteiger charge is -2.10. The minimum Gasteiger partial charge on any atom is -0.312 e. The molecule has 0 bridgehead atoms. The van der Waals surface area contributed by atoms with Crippen LogP contribution < -0.4 is 5.01 Å². The van der Waals surface area contributed by atoms with Gasteiger partial charge in [0.15, 0.2) is 5.16 Å². The zero-order valence-electron chi connectivity index (χ0n) is 12.5. The Bertz CT molecular complexity index is 734. The number of aryl methyl sites for hydroxylation is 3. The molecule has 0 atom stereocenters. The number of thioether (sulfide) groups is 1. The number of rotatable bonds is 4. The van der Waals surface area contributed by atoms with Gasteiger partial charge in [-0.1, -0.05) is 11.8 Å². The van der Waals surface area contributed by atoms with Crippen LogP contribution in [-0.2, 0) is 11.8 Å². The Kier molecular flexibility index (Phi) is 3.88. The first-order valence-corrected chi connectivity index (χ1v) is 7.70. The van der Waals surface area contributed by atoms with Crippen molar-refractivity contribution >= 4 is 29.3 Å². The third-order valence-electron chi connectivity index (χ3n) is 3.03. The molecule has 3 rings (SSSR count). The molecule has 0 fully saturated rings. The van der Waals surface area contributed by atoms with Crippen molar-refractivity contribution in [1.82, 2.24) is 24.7 Å². The molecule has 1 aliphatic heterocycles. The fraction of sp³-hybridized carbons (Fsp3) is 0.385. The summed E-state index contributed by atoms with van der Waals surface area (Å²) in [6.07, 6.45) is 1.92. The van der Waals surface area contributed by atoms with E-state index in [-0.39, 0.29) is 12.3 Å². The Morgan fingerprint density at radius 3 is 2.64 bits per heavy atom. The summed E-state index contributed by atoms with van der Waals surface area (Å²) in [5.41, 5.74) is 2.40. The van der Waals surface area contributed by atoms with Crippen molar-refractivity contribution in [2.24, 2.45) is 12.1 Å². The molecule has 0 aromatic carbocycles. The monoisotopic (exact) mass is 317 g/mol. The third-order valence-corrected chi connectivity index (χ3v) is 4.14. The van der Waals surface area contributed by atoms with Gasteiger partial charge < -0.3 is 4.57 Å². The molecule has 1 aliphatic rings. The average molecular weight is 317 g/mol. The van der Waals surface area contributed by atoms with Crippen molar-refractivity contribution in [1.29, 1.82) is 0 Å². The van der Waals surface area contributed by atoms with E-state index in [0.29, 0.717) is 11.7 Å². The molecule has 9 heteroatoms. The van der Waals surface area contributed by atoms with Crippen LogP contribution >= 0.6 is 11.8 Å². The van der Waals surface area contributed by atoms with Crippen molar-refractivity contribution in [3.63, 3.8) is 0 Å². The molecule has 0 unspecified atom stereocenters. The zero-order valence-corrected chi connectivity index (χ0v) is 13.3. The number of hydrazone groups is 1. The maximum atomic E-state index is 12.1. The van der Waals surface area contributed by atoms with Gasteiger partial charge in [-0.15, -0.1) is 10.2 Å². The maximum absolute atomic E-state index is 12.1. The molecule has 0 aliphatic carbocycles. The Labute approximate surface area is 131 Å². The van der Waals surface area contributed by atoms with Crippen molar-refractivity contribution in [3.8, 4) is 0 Å². The molecule has 0 radical (unpaired) electrons. The molecule has 0 saturated carbocycles. The van der Waals surface area contributed by atoms with E-state index in [9.17, 15) is 4.79 Å². The van der Waals surface area contributed by atoms with Gasteiger partial charge in [0.2, 0.25) is 0 Å². The zero-order chi connectivity index (χ0) is 15.7. The summed E-state index contributed by atoms with van der Waals surface area (Å²) in [6.45, 7) is 3.74. The Hall–Kier alpha value is -2.29. The van der Waals surface area contributed by atoms with E-state index >= 15 is 0 Å². The number of anilines is 1.